The Labute approximate surface area is 126 Å². The van der Waals surface area contributed by atoms with Gasteiger partial charge >= 0.3 is 0 Å². The third-order valence-electron chi connectivity index (χ3n) is 3.62. The maximum Gasteiger partial charge on any atom is 0.117 e. The molecule has 0 spiro atoms. The van der Waals surface area contributed by atoms with Crippen LogP contribution >= 0.6 is 0 Å². The van der Waals surface area contributed by atoms with E-state index in [-0.39, 0.29) is 0 Å². The smallest absolute Gasteiger partial charge is 0.117 e. The van der Waals surface area contributed by atoms with Gasteiger partial charge in [-0.2, -0.15) is 0 Å². The van der Waals surface area contributed by atoms with Crippen LogP contribution in [0.3, 0.4) is 0 Å². The van der Waals surface area contributed by atoms with E-state index in [1.165, 1.54) is 0 Å². The van der Waals surface area contributed by atoms with Gasteiger partial charge in [-0.3, -0.25) is 0 Å². The summed E-state index contributed by atoms with van der Waals surface area (Å²) in [5, 5.41) is 6.97. The summed E-state index contributed by atoms with van der Waals surface area (Å²) in [6.07, 6.45) is 2.21. The second kappa shape index (κ2) is 8.05. The first-order chi connectivity index (χ1) is 10.2. The molecule has 1 atom stereocenters. The summed E-state index contributed by atoms with van der Waals surface area (Å²) in [5.74, 6) is 3.94. The molecule has 0 unspecified atom stereocenters. The minimum Gasteiger partial charge on any atom is -0.465 e. The number of rotatable bonds is 9. The van der Waals surface area contributed by atoms with E-state index in [2.05, 4.69) is 17.6 Å². The summed E-state index contributed by atoms with van der Waals surface area (Å²) in [5.41, 5.74) is 0. The van der Waals surface area contributed by atoms with E-state index in [0.29, 0.717) is 6.04 Å². The topological polar surface area (TPSA) is 50.3 Å². The minimum atomic E-state index is 0.501. The molecule has 116 valence electrons. The van der Waals surface area contributed by atoms with E-state index in [4.69, 9.17) is 8.83 Å². The largest absolute Gasteiger partial charge is 0.465 e. The second-order valence-electron chi connectivity index (χ2n) is 5.48. The lowest BCUT2D eigenvalue weighted by Crippen LogP contribution is -2.31. The second-order valence-corrected chi connectivity index (χ2v) is 5.48. The molecule has 0 amide bonds. The predicted octanol–water partition coefficient (Wildman–Crippen LogP) is 3.54. The van der Waals surface area contributed by atoms with Crippen molar-refractivity contribution in [3.05, 3.63) is 47.3 Å². The summed E-state index contributed by atoms with van der Waals surface area (Å²) in [6.45, 7) is 8.71. The van der Waals surface area contributed by atoms with Crippen molar-refractivity contribution in [1.82, 2.24) is 10.6 Å². The Morgan fingerprint density at radius 2 is 1.57 bits per heavy atom. The Balaban J connectivity index is 1.63. The minimum absolute atomic E-state index is 0.501. The van der Waals surface area contributed by atoms with E-state index >= 15 is 0 Å². The van der Waals surface area contributed by atoms with Gasteiger partial charge in [0.25, 0.3) is 0 Å². The maximum atomic E-state index is 5.57. The molecule has 0 aliphatic carbocycles. The first-order valence-corrected chi connectivity index (χ1v) is 7.72. The normalized spacial score (nSPS) is 12.7. The van der Waals surface area contributed by atoms with Gasteiger partial charge in [0.1, 0.15) is 23.0 Å². The fourth-order valence-electron chi connectivity index (χ4n) is 2.34. The van der Waals surface area contributed by atoms with Crippen molar-refractivity contribution in [3.63, 3.8) is 0 Å². The molecule has 2 N–H and O–H groups in total. The third-order valence-corrected chi connectivity index (χ3v) is 3.62. The molecule has 21 heavy (non-hydrogen) atoms. The van der Waals surface area contributed by atoms with Crippen LogP contribution in [-0.2, 0) is 13.1 Å². The molecule has 2 rings (SSSR count). The number of hydrogen-bond donors (Lipinski definition) is 2. The SMILES string of the molecule is CC[C@@H](CCNCc1ccc(C)o1)NCc1ccc(C)o1. The average Bonchev–Trinajstić information content (AvgIpc) is 3.07. The molecule has 0 bridgehead atoms. The summed E-state index contributed by atoms with van der Waals surface area (Å²) < 4.78 is 11.1. The van der Waals surface area contributed by atoms with Crippen molar-refractivity contribution in [2.75, 3.05) is 6.54 Å². The fourth-order valence-corrected chi connectivity index (χ4v) is 2.34. The van der Waals surface area contributed by atoms with Crippen LogP contribution < -0.4 is 10.6 Å². The van der Waals surface area contributed by atoms with Gasteiger partial charge in [-0.05, 0) is 57.5 Å². The van der Waals surface area contributed by atoms with Gasteiger partial charge in [0.05, 0.1) is 13.1 Å². The quantitative estimate of drug-likeness (QED) is 0.694. The van der Waals surface area contributed by atoms with Crippen LogP contribution in [0.1, 0.15) is 42.8 Å². The summed E-state index contributed by atoms with van der Waals surface area (Å²) >= 11 is 0. The van der Waals surface area contributed by atoms with Gasteiger partial charge in [0.2, 0.25) is 0 Å². The van der Waals surface area contributed by atoms with Crippen LogP contribution in [0.2, 0.25) is 0 Å². The van der Waals surface area contributed by atoms with Crippen LogP contribution in [0.25, 0.3) is 0 Å². The van der Waals surface area contributed by atoms with Crippen molar-refractivity contribution >= 4 is 0 Å². The first kappa shape index (κ1) is 15.9. The Hall–Kier alpha value is -1.52. The monoisotopic (exact) mass is 290 g/mol. The van der Waals surface area contributed by atoms with Crippen molar-refractivity contribution in [2.45, 2.75) is 52.7 Å². The number of aryl methyl sites for hydroxylation is 2. The van der Waals surface area contributed by atoms with Crippen LogP contribution in [0.5, 0.6) is 0 Å². The highest BCUT2D eigenvalue weighted by Gasteiger charge is 2.07. The fraction of sp³-hybridized carbons (Fsp3) is 0.529. The zero-order valence-corrected chi connectivity index (χ0v) is 13.2. The van der Waals surface area contributed by atoms with Crippen molar-refractivity contribution < 1.29 is 8.83 Å². The van der Waals surface area contributed by atoms with Gasteiger partial charge in [-0.25, -0.2) is 0 Å². The molecule has 0 fully saturated rings. The van der Waals surface area contributed by atoms with Crippen LogP contribution in [0, 0.1) is 13.8 Å². The van der Waals surface area contributed by atoms with Crippen LogP contribution in [0.15, 0.2) is 33.1 Å². The molecule has 2 aromatic rings. The molecule has 0 aromatic carbocycles. The molecule has 4 heteroatoms. The average molecular weight is 290 g/mol. The molecule has 0 saturated carbocycles. The third kappa shape index (κ3) is 5.40. The van der Waals surface area contributed by atoms with Crippen molar-refractivity contribution in [3.8, 4) is 0 Å². The zero-order valence-electron chi connectivity index (χ0n) is 13.2. The van der Waals surface area contributed by atoms with Gasteiger partial charge < -0.3 is 19.5 Å². The molecular formula is C17H26N2O2. The Kier molecular flexibility index (Phi) is 6.08. The molecule has 0 saturated heterocycles. The van der Waals surface area contributed by atoms with E-state index in [1.807, 2.05) is 38.1 Å². The molecule has 2 heterocycles. The summed E-state index contributed by atoms with van der Waals surface area (Å²) in [6, 6.07) is 8.56. The van der Waals surface area contributed by atoms with E-state index in [0.717, 1.165) is 55.5 Å². The number of hydrogen-bond acceptors (Lipinski definition) is 4. The summed E-state index contributed by atoms with van der Waals surface area (Å²) in [4.78, 5) is 0. The molecule has 0 aliphatic rings. The Morgan fingerprint density at radius 3 is 2.10 bits per heavy atom. The Morgan fingerprint density at radius 1 is 0.952 bits per heavy atom. The maximum absolute atomic E-state index is 5.57. The molecule has 2 aromatic heterocycles. The van der Waals surface area contributed by atoms with Crippen molar-refractivity contribution in [2.24, 2.45) is 0 Å². The van der Waals surface area contributed by atoms with Crippen molar-refractivity contribution in [1.29, 1.82) is 0 Å². The van der Waals surface area contributed by atoms with E-state index in [1.54, 1.807) is 0 Å². The molecule has 0 radical (unpaired) electrons. The molecule has 0 aliphatic heterocycles. The van der Waals surface area contributed by atoms with Gasteiger partial charge in [-0.15, -0.1) is 0 Å². The lowest BCUT2D eigenvalue weighted by atomic mass is 10.1. The zero-order chi connectivity index (χ0) is 15.1. The summed E-state index contributed by atoms with van der Waals surface area (Å²) in [7, 11) is 0. The van der Waals surface area contributed by atoms with E-state index < -0.39 is 0 Å². The van der Waals surface area contributed by atoms with Crippen LogP contribution in [-0.4, -0.2) is 12.6 Å². The highest BCUT2D eigenvalue weighted by Crippen LogP contribution is 2.08. The Bertz CT molecular complexity index is 530. The molecular weight excluding hydrogens is 264 g/mol. The first-order valence-electron chi connectivity index (χ1n) is 7.72. The number of nitrogens with one attached hydrogen (secondary N) is 2. The van der Waals surface area contributed by atoms with Gasteiger partial charge in [0.15, 0.2) is 0 Å². The number of furan rings is 2. The standard InChI is InChI=1S/C17H26N2O2/c1-4-15(19-12-17-8-6-14(3)21-17)9-10-18-11-16-7-5-13(2)20-16/h5-8,15,18-19H,4,9-12H2,1-3H3/t15-/m0/s1. The van der Waals surface area contributed by atoms with Gasteiger partial charge in [0, 0.05) is 6.04 Å². The lowest BCUT2D eigenvalue weighted by Gasteiger charge is -2.16. The highest BCUT2D eigenvalue weighted by atomic mass is 16.3. The van der Waals surface area contributed by atoms with Gasteiger partial charge in [-0.1, -0.05) is 6.92 Å². The predicted molar refractivity (Wildman–Crippen MR) is 84.1 cm³/mol. The van der Waals surface area contributed by atoms with E-state index in [9.17, 15) is 0 Å². The molecule has 4 nitrogen and oxygen atoms in total. The lowest BCUT2D eigenvalue weighted by molar-refractivity contribution is 0.401. The van der Waals surface area contributed by atoms with Crippen LogP contribution in [0.4, 0.5) is 0 Å². The highest BCUT2D eigenvalue weighted by molar-refractivity contribution is 5.06.